The zero-order valence-electron chi connectivity index (χ0n) is 37.0. The van der Waals surface area contributed by atoms with Crippen LogP contribution in [0.3, 0.4) is 0 Å². The van der Waals surface area contributed by atoms with Crippen molar-refractivity contribution in [3.05, 3.63) is 206 Å². The van der Waals surface area contributed by atoms with E-state index in [1.54, 1.807) is 0 Å². The average molecular weight is 967 g/mol. The van der Waals surface area contributed by atoms with Gasteiger partial charge >= 0.3 is 0 Å². The van der Waals surface area contributed by atoms with Crippen LogP contribution < -0.4 is 9.80 Å². The molecule has 0 radical (unpaired) electrons. The highest BCUT2D eigenvalue weighted by molar-refractivity contribution is 7.27. The second kappa shape index (κ2) is 14.8. The minimum atomic E-state index is 0.522. The second-order valence-electron chi connectivity index (χ2n) is 18.0. The Morgan fingerprint density at radius 2 is 0.557 bits per heavy atom. The summed E-state index contributed by atoms with van der Waals surface area (Å²) in [6, 6.07) is 75.5. The third-order valence-electron chi connectivity index (χ3n) is 14.1. The Bertz CT molecular complexity index is 4600. The molecule has 0 amide bonds. The lowest BCUT2D eigenvalue weighted by Crippen LogP contribution is -2.09. The van der Waals surface area contributed by atoms with E-state index in [1.165, 1.54) is 80.7 Å². The van der Waals surface area contributed by atoms with Crippen LogP contribution in [0.25, 0.3) is 114 Å². The lowest BCUT2D eigenvalue weighted by molar-refractivity contribution is 0.524. The first-order valence-corrected chi connectivity index (χ1v) is 26.5. The van der Waals surface area contributed by atoms with Gasteiger partial charge in [-0.15, -0.1) is 45.3 Å². The molecule has 10 aromatic carbocycles. The Hall–Kier alpha value is -7.98. The fraction of sp³-hybridized carbons (Fsp3) is 0. The van der Waals surface area contributed by atoms with Gasteiger partial charge in [0.05, 0.1) is 5.39 Å². The summed E-state index contributed by atoms with van der Waals surface area (Å²) >= 11 is 7.37. The normalized spacial score (nSPS) is 12.3. The number of rotatable bonds is 6. The van der Waals surface area contributed by atoms with E-state index in [9.17, 15) is 0 Å². The van der Waals surface area contributed by atoms with Crippen molar-refractivity contribution in [2.24, 2.45) is 0 Å². The molecule has 0 fully saturated rings. The molecule has 8 heteroatoms. The van der Waals surface area contributed by atoms with E-state index in [-0.39, 0.29) is 0 Å². The van der Waals surface area contributed by atoms with Crippen LogP contribution in [0.1, 0.15) is 0 Å². The van der Waals surface area contributed by atoms with Gasteiger partial charge in [0.1, 0.15) is 11.2 Å². The van der Waals surface area contributed by atoms with E-state index in [4.69, 9.17) is 8.83 Å². The molecule has 16 aromatic rings. The highest BCUT2D eigenvalue weighted by Crippen LogP contribution is 2.48. The van der Waals surface area contributed by atoms with E-state index >= 15 is 0 Å². The van der Waals surface area contributed by atoms with Crippen LogP contribution in [0.5, 0.6) is 0 Å². The van der Waals surface area contributed by atoms with Gasteiger partial charge in [0.15, 0.2) is 0 Å². The van der Waals surface area contributed by atoms with Gasteiger partial charge in [0.2, 0.25) is 0 Å². The van der Waals surface area contributed by atoms with Gasteiger partial charge in [-0.05, 0) is 103 Å². The van der Waals surface area contributed by atoms with E-state index in [0.717, 1.165) is 61.4 Å². The summed E-state index contributed by atoms with van der Waals surface area (Å²) in [6.45, 7) is 0. The Morgan fingerprint density at radius 3 is 0.971 bits per heavy atom. The average Bonchev–Trinajstić information content (AvgIpc) is 4.25. The molecule has 0 atom stereocenters. The van der Waals surface area contributed by atoms with Gasteiger partial charge in [-0.1, -0.05) is 97.1 Å². The Labute approximate surface area is 415 Å². The van der Waals surface area contributed by atoms with E-state index in [1.807, 2.05) is 45.3 Å². The fourth-order valence-electron chi connectivity index (χ4n) is 10.9. The Kier molecular flexibility index (Phi) is 8.21. The predicted molar refractivity (Wildman–Crippen MR) is 304 cm³/mol. The molecule has 0 saturated carbocycles. The lowest BCUT2D eigenvalue weighted by Gasteiger charge is -2.26. The molecular weight excluding hydrogens is 933 g/mol. The monoisotopic (exact) mass is 966 g/mol. The molecule has 0 bridgehead atoms. The Balaban J connectivity index is 0.861. The molecule has 4 nitrogen and oxygen atoms in total. The van der Waals surface area contributed by atoms with Crippen LogP contribution in [-0.4, -0.2) is 0 Å². The van der Waals surface area contributed by atoms with Crippen LogP contribution in [-0.2, 0) is 0 Å². The molecule has 0 N–H and O–H groups in total. The van der Waals surface area contributed by atoms with Crippen LogP contribution in [0.2, 0.25) is 0 Å². The smallest absolute Gasteiger partial charge is 0.299 e. The van der Waals surface area contributed by atoms with Crippen LogP contribution >= 0.6 is 45.3 Å². The summed E-state index contributed by atoms with van der Waals surface area (Å²) in [5.41, 5.74) is 8.00. The van der Waals surface area contributed by atoms with Gasteiger partial charge in [0.25, 0.3) is 5.78 Å². The molecule has 0 saturated heterocycles. The number of nitrogens with zero attached hydrogens (tertiary/aromatic N) is 2. The number of anilines is 6. The van der Waals surface area contributed by atoms with Crippen molar-refractivity contribution >= 4 is 193 Å². The first kappa shape index (κ1) is 38.9. The largest absolute Gasteiger partial charge is 0.425 e. The molecule has 16 rings (SSSR count). The summed E-state index contributed by atoms with van der Waals surface area (Å²) < 4.78 is 23.5. The van der Waals surface area contributed by atoms with Gasteiger partial charge < -0.3 is 18.6 Å². The van der Waals surface area contributed by atoms with E-state index in [2.05, 4.69) is 216 Å². The minimum absolute atomic E-state index is 0.522. The van der Waals surface area contributed by atoms with Gasteiger partial charge in [-0.3, -0.25) is 0 Å². The molecule has 6 aromatic heterocycles. The van der Waals surface area contributed by atoms with Gasteiger partial charge in [0, 0.05) is 132 Å². The predicted octanol–water partition coefficient (Wildman–Crippen LogP) is 20.7. The third-order valence-corrected chi connectivity index (χ3v) is 18.6. The van der Waals surface area contributed by atoms with Crippen molar-refractivity contribution in [2.75, 3.05) is 9.80 Å². The van der Waals surface area contributed by atoms with Crippen LogP contribution in [0, 0.1) is 0 Å². The van der Waals surface area contributed by atoms with Crippen LogP contribution in [0.4, 0.5) is 34.1 Å². The molecule has 0 aliphatic heterocycles. The summed E-state index contributed by atoms with van der Waals surface area (Å²) in [7, 11) is 0. The molecule has 328 valence electrons. The molecule has 0 aliphatic rings. The van der Waals surface area contributed by atoms with Gasteiger partial charge in [-0.25, -0.2) is 0 Å². The molecule has 70 heavy (non-hydrogen) atoms. The fourth-order valence-corrected chi connectivity index (χ4v) is 15.4. The second-order valence-corrected chi connectivity index (χ2v) is 22.3. The highest BCUT2D eigenvalue weighted by Gasteiger charge is 2.23. The Morgan fingerprint density at radius 1 is 0.243 bits per heavy atom. The standard InChI is InChI=1S/C62H34N2O2S4/c1-5-13-53-41(9-1)45-23-17-37(31-57(45)67-53)63(38-18-24-46-42-10-2-6-14-54(42)68-58(46)32-38)35-22-28-51-50(29-35)61-49-27-21-36(30-52(49)66-62(61)65-51)64(39-19-25-47-43-11-3-7-15-55(43)69-59(47)33-39)40-20-26-48-44-12-4-8-16-56(44)70-60(48)34-40/h1-34H. The highest BCUT2D eigenvalue weighted by atomic mass is 32.1. The van der Waals surface area contributed by atoms with Crippen molar-refractivity contribution in [1.82, 2.24) is 0 Å². The topological polar surface area (TPSA) is 32.8 Å². The summed E-state index contributed by atoms with van der Waals surface area (Å²) in [4.78, 5) is 4.76. The summed E-state index contributed by atoms with van der Waals surface area (Å²) in [5, 5.41) is 13.3. The quantitative estimate of drug-likeness (QED) is 0.166. The zero-order valence-corrected chi connectivity index (χ0v) is 40.2. The molecule has 0 unspecified atom stereocenters. The van der Waals surface area contributed by atoms with Crippen LogP contribution in [0.15, 0.2) is 215 Å². The summed E-state index contributed by atoms with van der Waals surface area (Å²) in [6.07, 6.45) is 0. The van der Waals surface area contributed by atoms with Crippen molar-refractivity contribution in [1.29, 1.82) is 0 Å². The minimum Gasteiger partial charge on any atom is -0.425 e. The number of fused-ring (bicyclic) bond motifs is 17. The lowest BCUT2D eigenvalue weighted by atomic mass is 10.1. The first-order valence-electron chi connectivity index (χ1n) is 23.3. The van der Waals surface area contributed by atoms with Crippen molar-refractivity contribution in [2.45, 2.75) is 0 Å². The van der Waals surface area contributed by atoms with E-state index < -0.39 is 0 Å². The first-order chi connectivity index (χ1) is 34.6. The zero-order chi connectivity index (χ0) is 45.6. The summed E-state index contributed by atoms with van der Waals surface area (Å²) in [5.74, 6) is 0.522. The van der Waals surface area contributed by atoms with E-state index in [0.29, 0.717) is 5.78 Å². The molecular formula is C62H34N2O2S4. The maximum absolute atomic E-state index is 6.74. The number of benzene rings is 10. The van der Waals surface area contributed by atoms with Crippen molar-refractivity contribution < 1.29 is 8.83 Å². The number of furan rings is 2. The maximum atomic E-state index is 6.74. The van der Waals surface area contributed by atoms with Crippen molar-refractivity contribution in [3.63, 3.8) is 0 Å². The molecule has 6 heterocycles. The van der Waals surface area contributed by atoms with Crippen molar-refractivity contribution in [3.8, 4) is 0 Å². The maximum Gasteiger partial charge on any atom is 0.299 e. The SMILES string of the molecule is c1ccc2c(c1)sc1cc(N(c3ccc4c(c3)oc3oc5ccc(N(c6ccc7c(c6)sc6ccccc67)c6ccc7c(c6)sc6ccccc67)cc5c34)c3ccc4c(c3)sc3ccccc34)ccc12. The number of thiophene rings is 4. The number of hydrogen-bond donors (Lipinski definition) is 0. The number of hydrogen-bond acceptors (Lipinski definition) is 8. The molecule has 0 aliphatic carbocycles. The third kappa shape index (κ3) is 5.79. The van der Waals surface area contributed by atoms with Gasteiger partial charge in [-0.2, -0.15) is 0 Å². The molecule has 0 spiro atoms.